The molecule has 0 radical (unpaired) electrons. The minimum absolute atomic E-state index is 0.0687. The molecule has 6 heteroatoms. The van der Waals surface area contributed by atoms with Crippen molar-refractivity contribution in [3.8, 4) is 5.69 Å². The first-order chi connectivity index (χ1) is 11.6. The molecule has 1 atom stereocenters. The number of hydrogen-bond acceptors (Lipinski definition) is 3. The van der Waals surface area contributed by atoms with Crippen LogP contribution in [0.5, 0.6) is 0 Å². The number of nitrogens with one attached hydrogen (secondary N) is 1. The average Bonchev–Trinajstić information content (AvgIpc) is 3.22. The molecule has 1 amide bonds. The van der Waals surface area contributed by atoms with Crippen LogP contribution >= 0.6 is 0 Å². The number of benzene rings is 1. The maximum absolute atomic E-state index is 13.5. The van der Waals surface area contributed by atoms with E-state index in [1.165, 1.54) is 12.1 Å². The molecule has 1 unspecified atom stereocenters. The predicted octanol–water partition coefficient (Wildman–Crippen LogP) is 3.04. The monoisotopic (exact) mass is 331 g/mol. The Bertz CT molecular complexity index is 721. The number of amides is 1. The van der Waals surface area contributed by atoms with E-state index in [2.05, 4.69) is 10.4 Å². The highest BCUT2D eigenvalue weighted by molar-refractivity contribution is 5.95. The fraction of sp³-hybridized carbons (Fsp3) is 0.444. The number of aromatic nitrogens is 2. The Kier molecular flexibility index (Phi) is 4.94. The van der Waals surface area contributed by atoms with Gasteiger partial charge in [0.15, 0.2) is 0 Å². The van der Waals surface area contributed by atoms with Crippen molar-refractivity contribution in [2.75, 3.05) is 13.2 Å². The number of halogens is 1. The van der Waals surface area contributed by atoms with Gasteiger partial charge in [-0.25, -0.2) is 9.07 Å². The first-order valence-electron chi connectivity index (χ1n) is 8.30. The van der Waals surface area contributed by atoms with Gasteiger partial charge in [-0.1, -0.05) is 19.9 Å². The second kappa shape index (κ2) is 7.13. The highest BCUT2D eigenvalue weighted by Crippen LogP contribution is 2.23. The van der Waals surface area contributed by atoms with Crippen LogP contribution in [-0.4, -0.2) is 34.9 Å². The molecule has 1 aromatic heterocycles. The first kappa shape index (κ1) is 16.6. The smallest absolute Gasteiger partial charge is 0.254 e. The lowest BCUT2D eigenvalue weighted by Crippen LogP contribution is -2.32. The second-order valence-electron chi connectivity index (χ2n) is 6.33. The molecule has 2 aromatic rings. The molecular formula is C18H22FN3O2. The number of ether oxygens (including phenoxy) is 1. The normalized spacial score (nSPS) is 17.4. The van der Waals surface area contributed by atoms with Crippen molar-refractivity contribution < 1.29 is 13.9 Å². The van der Waals surface area contributed by atoms with Crippen LogP contribution in [0, 0.1) is 5.82 Å². The zero-order valence-corrected chi connectivity index (χ0v) is 14.0. The Morgan fingerprint density at radius 3 is 3.00 bits per heavy atom. The van der Waals surface area contributed by atoms with E-state index in [4.69, 9.17) is 4.74 Å². The lowest BCUT2D eigenvalue weighted by molar-refractivity contribution is 0.0856. The number of carbonyl (C=O) groups excluding carboxylic acids is 1. The van der Waals surface area contributed by atoms with Crippen LogP contribution in [0.4, 0.5) is 4.39 Å². The summed E-state index contributed by atoms with van der Waals surface area (Å²) in [6.07, 6.45) is 3.65. The summed E-state index contributed by atoms with van der Waals surface area (Å²) in [5.74, 6) is -0.432. The van der Waals surface area contributed by atoms with Gasteiger partial charge in [0.1, 0.15) is 5.82 Å². The predicted molar refractivity (Wildman–Crippen MR) is 88.9 cm³/mol. The van der Waals surface area contributed by atoms with Gasteiger partial charge in [-0.05, 0) is 37.0 Å². The van der Waals surface area contributed by atoms with Crippen molar-refractivity contribution in [3.63, 3.8) is 0 Å². The third-order valence-corrected chi connectivity index (χ3v) is 4.16. The molecule has 0 saturated carbocycles. The average molecular weight is 331 g/mol. The van der Waals surface area contributed by atoms with Crippen LogP contribution in [0.3, 0.4) is 0 Å². The van der Waals surface area contributed by atoms with Crippen molar-refractivity contribution in [2.45, 2.75) is 38.7 Å². The zero-order valence-electron chi connectivity index (χ0n) is 14.0. The van der Waals surface area contributed by atoms with Crippen LogP contribution in [-0.2, 0) is 4.74 Å². The summed E-state index contributed by atoms with van der Waals surface area (Å²) in [4.78, 5) is 12.5. The molecule has 0 spiro atoms. The third kappa shape index (κ3) is 3.48. The van der Waals surface area contributed by atoms with Gasteiger partial charge >= 0.3 is 0 Å². The van der Waals surface area contributed by atoms with Gasteiger partial charge in [-0.3, -0.25) is 4.79 Å². The minimum Gasteiger partial charge on any atom is -0.376 e. The molecule has 1 aliphatic rings. The zero-order chi connectivity index (χ0) is 17.1. The van der Waals surface area contributed by atoms with E-state index in [1.807, 2.05) is 13.8 Å². The Balaban J connectivity index is 1.84. The molecule has 128 valence electrons. The van der Waals surface area contributed by atoms with E-state index in [0.29, 0.717) is 17.8 Å². The molecule has 1 saturated heterocycles. The molecule has 2 heterocycles. The summed E-state index contributed by atoms with van der Waals surface area (Å²) in [5, 5.41) is 7.23. The Hall–Kier alpha value is -2.21. The molecule has 1 aromatic carbocycles. The van der Waals surface area contributed by atoms with Gasteiger partial charge in [-0.15, -0.1) is 0 Å². The summed E-state index contributed by atoms with van der Waals surface area (Å²) >= 11 is 0. The summed E-state index contributed by atoms with van der Waals surface area (Å²) in [5.41, 5.74) is 1.90. The van der Waals surface area contributed by atoms with E-state index in [9.17, 15) is 9.18 Å². The molecule has 3 rings (SSSR count). The molecule has 24 heavy (non-hydrogen) atoms. The number of carbonyl (C=O) groups is 1. The van der Waals surface area contributed by atoms with Crippen LogP contribution < -0.4 is 5.32 Å². The summed E-state index contributed by atoms with van der Waals surface area (Å²) in [6, 6.07) is 6.20. The van der Waals surface area contributed by atoms with Crippen LogP contribution in [0.1, 0.15) is 48.7 Å². The Morgan fingerprint density at radius 1 is 1.50 bits per heavy atom. The lowest BCUT2D eigenvalue weighted by atomic mass is 10.0. The standard InChI is InChI=1S/C18H22FN3O2/c1-12(2)17-16(18(23)20-10-15-7-4-8-24-15)11-21-22(17)14-6-3-5-13(19)9-14/h3,5-6,9,11-12,15H,4,7-8,10H2,1-2H3,(H,20,23). The van der Waals surface area contributed by atoms with Crippen LogP contribution in [0.2, 0.25) is 0 Å². The summed E-state index contributed by atoms with van der Waals surface area (Å²) in [6.45, 7) is 5.24. The Morgan fingerprint density at radius 2 is 2.33 bits per heavy atom. The molecule has 5 nitrogen and oxygen atoms in total. The molecule has 1 fully saturated rings. The highest BCUT2D eigenvalue weighted by atomic mass is 19.1. The third-order valence-electron chi connectivity index (χ3n) is 4.16. The molecule has 1 N–H and O–H groups in total. The SMILES string of the molecule is CC(C)c1c(C(=O)NCC2CCCO2)cnn1-c1cccc(F)c1. The highest BCUT2D eigenvalue weighted by Gasteiger charge is 2.22. The van der Waals surface area contributed by atoms with E-state index in [1.54, 1.807) is 23.0 Å². The van der Waals surface area contributed by atoms with Gasteiger partial charge in [0, 0.05) is 13.2 Å². The van der Waals surface area contributed by atoms with E-state index < -0.39 is 0 Å². The summed E-state index contributed by atoms with van der Waals surface area (Å²) in [7, 11) is 0. The first-order valence-corrected chi connectivity index (χ1v) is 8.30. The Labute approximate surface area is 140 Å². The molecule has 0 bridgehead atoms. The van der Waals surface area contributed by atoms with E-state index in [-0.39, 0.29) is 23.7 Å². The van der Waals surface area contributed by atoms with Crippen molar-refractivity contribution >= 4 is 5.91 Å². The fourth-order valence-electron chi connectivity index (χ4n) is 3.01. The number of nitrogens with zero attached hydrogens (tertiary/aromatic N) is 2. The largest absolute Gasteiger partial charge is 0.376 e. The fourth-order valence-corrected chi connectivity index (χ4v) is 3.01. The van der Waals surface area contributed by atoms with Gasteiger partial charge in [0.2, 0.25) is 0 Å². The lowest BCUT2D eigenvalue weighted by Gasteiger charge is -2.14. The molecule has 0 aliphatic carbocycles. The molecule has 1 aliphatic heterocycles. The summed E-state index contributed by atoms with van der Waals surface area (Å²) < 4.78 is 20.7. The topological polar surface area (TPSA) is 56.1 Å². The van der Waals surface area contributed by atoms with Crippen LogP contribution in [0.25, 0.3) is 5.69 Å². The number of hydrogen-bond donors (Lipinski definition) is 1. The molecular weight excluding hydrogens is 309 g/mol. The number of rotatable bonds is 5. The minimum atomic E-state index is -0.331. The van der Waals surface area contributed by atoms with Gasteiger partial charge < -0.3 is 10.1 Å². The maximum atomic E-state index is 13.5. The van der Waals surface area contributed by atoms with Crippen molar-refractivity contribution in [3.05, 3.63) is 47.5 Å². The van der Waals surface area contributed by atoms with Crippen molar-refractivity contribution in [1.29, 1.82) is 0 Å². The van der Waals surface area contributed by atoms with E-state index in [0.717, 1.165) is 25.1 Å². The van der Waals surface area contributed by atoms with Crippen molar-refractivity contribution in [2.24, 2.45) is 0 Å². The van der Waals surface area contributed by atoms with Crippen molar-refractivity contribution in [1.82, 2.24) is 15.1 Å². The van der Waals surface area contributed by atoms with Gasteiger partial charge in [0.05, 0.1) is 29.2 Å². The van der Waals surface area contributed by atoms with Gasteiger partial charge in [0.25, 0.3) is 5.91 Å². The quantitative estimate of drug-likeness (QED) is 0.916. The van der Waals surface area contributed by atoms with Crippen LogP contribution in [0.15, 0.2) is 30.5 Å². The second-order valence-corrected chi connectivity index (χ2v) is 6.33. The van der Waals surface area contributed by atoms with Gasteiger partial charge in [-0.2, -0.15) is 5.10 Å². The maximum Gasteiger partial charge on any atom is 0.254 e. The van der Waals surface area contributed by atoms with E-state index >= 15 is 0 Å².